The first-order valence-corrected chi connectivity index (χ1v) is 10.1. The van der Waals surface area contributed by atoms with Gasteiger partial charge in [0.25, 0.3) is 5.56 Å². The lowest BCUT2D eigenvalue weighted by Gasteiger charge is -2.22. The van der Waals surface area contributed by atoms with E-state index in [0.29, 0.717) is 6.04 Å². The van der Waals surface area contributed by atoms with Crippen molar-refractivity contribution in [3.8, 4) is 0 Å². The highest BCUT2D eigenvalue weighted by Gasteiger charge is 2.32. The van der Waals surface area contributed by atoms with E-state index >= 15 is 0 Å². The average Bonchev–Trinajstić information content (AvgIpc) is 3.08. The smallest absolute Gasteiger partial charge is 0.268 e. The Kier molecular flexibility index (Phi) is 4.20. The number of aliphatic imine (C=N–C) groups is 1. The van der Waals surface area contributed by atoms with Crippen LogP contribution in [0, 0.1) is 0 Å². The summed E-state index contributed by atoms with van der Waals surface area (Å²) >= 11 is 3.41. The fourth-order valence-electron chi connectivity index (χ4n) is 3.63. The molecule has 0 spiro atoms. The Morgan fingerprint density at radius 3 is 2.74 bits per heavy atom. The van der Waals surface area contributed by atoms with Gasteiger partial charge in [0.05, 0.1) is 21.9 Å². The van der Waals surface area contributed by atoms with E-state index in [2.05, 4.69) is 27.3 Å². The van der Waals surface area contributed by atoms with Crippen LogP contribution in [0.3, 0.4) is 0 Å². The molecule has 2 aromatic heterocycles. The van der Waals surface area contributed by atoms with Crippen LogP contribution in [0.4, 0.5) is 5.82 Å². The number of aromatic nitrogens is 2. The van der Waals surface area contributed by atoms with E-state index < -0.39 is 0 Å². The molecule has 0 radical (unpaired) electrons. The average molecular weight is 348 g/mol. The lowest BCUT2D eigenvalue weighted by Crippen LogP contribution is -2.13. The Labute approximate surface area is 144 Å². The van der Waals surface area contributed by atoms with Gasteiger partial charge in [-0.2, -0.15) is 0 Å². The van der Waals surface area contributed by atoms with Crippen molar-refractivity contribution >= 4 is 34.0 Å². The molecule has 0 bridgehead atoms. The molecule has 4 nitrogen and oxygen atoms in total. The van der Waals surface area contributed by atoms with Gasteiger partial charge in [0, 0.05) is 4.88 Å². The summed E-state index contributed by atoms with van der Waals surface area (Å²) in [4.78, 5) is 18.7. The number of hydrogen-bond acceptors (Lipinski definition) is 4. The molecule has 0 aromatic carbocycles. The van der Waals surface area contributed by atoms with Gasteiger partial charge in [-0.3, -0.25) is 14.6 Å². The quantitative estimate of drug-likeness (QED) is 0.776. The van der Waals surface area contributed by atoms with Gasteiger partial charge in [-0.1, -0.05) is 43.5 Å². The Bertz CT molecular complexity index is 764. The molecule has 2 aromatic rings. The van der Waals surface area contributed by atoms with Crippen LogP contribution in [0.25, 0.3) is 0 Å². The molecule has 2 aliphatic rings. The largest absolute Gasteiger partial charge is 0.271 e. The zero-order valence-corrected chi connectivity index (χ0v) is 14.9. The number of aromatic amines is 1. The van der Waals surface area contributed by atoms with Gasteiger partial charge < -0.3 is 0 Å². The molecule has 1 atom stereocenters. The van der Waals surface area contributed by atoms with Gasteiger partial charge in [0.1, 0.15) is 0 Å². The topological polar surface area (TPSA) is 50.1 Å². The minimum atomic E-state index is 0.0337. The Hall–Kier alpha value is -1.27. The van der Waals surface area contributed by atoms with Gasteiger partial charge in [-0.15, -0.1) is 11.3 Å². The summed E-state index contributed by atoms with van der Waals surface area (Å²) in [5.41, 5.74) is 0.874. The molecule has 1 saturated carbocycles. The number of nitrogens with one attached hydrogen (secondary N) is 1. The Balaban J connectivity index is 1.80. The van der Waals surface area contributed by atoms with Crippen LogP contribution < -0.4 is 5.56 Å². The summed E-state index contributed by atoms with van der Waals surface area (Å²) in [7, 11) is 0. The third-order valence-electron chi connectivity index (χ3n) is 4.74. The molecule has 1 N–H and O–H groups in total. The highest BCUT2D eigenvalue weighted by Crippen LogP contribution is 2.46. The van der Waals surface area contributed by atoms with Crippen molar-refractivity contribution in [1.29, 1.82) is 0 Å². The summed E-state index contributed by atoms with van der Waals surface area (Å²) in [5, 5.41) is 6.31. The number of H-pyrrole nitrogens is 1. The van der Waals surface area contributed by atoms with Crippen molar-refractivity contribution in [3.05, 3.63) is 38.3 Å². The van der Waals surface area contributed by atoms with Crippen LogP contribution in [0.2, 0.25) is 0 Å². The summed E-state index contributed by atoms with van der Waals surface area (Å²) in [6, 6.07) is 4.56. The van der Waals surface area contributed by atoms with Crippen molar-refractivity contribution in [2.45, 2.75) is 56.7 Å². The second kappa shape index (κ2) is 6.32. The lowest BCUT2D eigenvalue weighted by molar-refractivity contribution is 0.407. The highest BCUT2D eigenvalue weighted by molar-refractivity contribution is 8.14. The number of hydrogen-bond donors (Lipinski definition) is 1. The molecule has 1 fully saturated rings. The van der Waals surface area contributed by atoms with E-state index in [-0.39, 0.29) is 10.8 Å². The Morgan fingerprint density at radius 1 is 1.26 bits per heavy atom. The molecule has 3 heterocycles. The van der Waals surface area contributed by atoms with Gasteiger partial charge in [-0.05, 0) is 31.2 Å². The third-order valence-corrected chi connectivity index (χ3v) is 6.99. The third kappa shape index (κ3) is 2.83. The minimum absolute atomic E-state index is 0.0337. The molecule has 23 heavy (non-hydrogen) atoms. The zero-order valence-electron chi connectivity index (χ0n) is 13.2. The fourth-order valence-corrected chi connectivity index (χ4v) is 5.66. The molecule has 0 amide bonds. The lowest BCUT2D eigenvalue weighted by atomic mass is 10.1. The van der Waals surface area contributed by atoms with Gasteiger partial charge in [0.2, 0.25) is 0 Å². The first-order valence-electron chi connectivity index (χ1n) is 8.34. The number of rotatable bonds is 2. The van der Waals surface area contributed by atoms with Crippen molar-refractivity contribution in [3.63, 3.8) is 0 Å². The van der Waals surface area contributed by atoms with Crippen LogP contribution in [0.1, 0.15) is 67.2 Å². The first kappa shape index (κ1) is 15.3. The molecule has 1 aliphatic heterocycles. The van der Waals surface area contributed by atoms with Crippen LogP contribution in [0.5, 0.6) is 0 Å². The molecule has 0 saturated heterocycles. The minimum Gasteiger partial charge on any atom is -0.268 e. The van der Waals surface area contributed by atoms with E-state index in [1.807, 2.05) is 6.92 Å². The maximum Gasteiger partial charge on any atom is 0.271 e. The molecule has 0 unspecified atom stereocenters. The molecular weight excluding hydrogens is 326 g/mol. The Morgan fingerprint density at radius 2 is 2.04 bits per heavy atom. The molecular formula is C17H21N3OS2. The summed E-state index contributed by atoms with van der Waals surface area (Å²) in [6.07, 6.45) is 7.38. The second-order valence-corrected chi connectivity index (χ2v) is 8.61. The van der Waals surface area contributed by atoms with Crippen molar-refractivity contribution in [2.75, 3.05) is 0 Å². The maximum atomic E-state index is 12.7. The standard InChI is InChI=1S/C17H21N3OS2/c1-11-18-16-14(15(23-11)13-9-6-10-22-13)17(21)19-20(16)12-7-4-2-3-5-8-12/h6,9-10,12,15H,2-5,7-8H2,1H3,(H,19,21)/t15-/m1/s1. The summed E-state index contributed by atoms with van der Waals surface area (Å²) in [5.74, 6) is 0.872. The monoisotopic (exact) mass is 347 g/mol. The summed E-state index contributed by atoms with van der Waals surface area (Å²) in [6.45, 7) is 2.04. The zero-order chi connectivity index (χ0) is 15.8. The van der Waals surface area contributed by atoms with E-state index in [1.165, 1.54) is 30.6 Å². The van der Waals surface area contributed by atoms with Gasteiger partial charge in [0.15, 0.2) is 5.82 Å². The predicted octanol–water partition coefficient (Wildman–Crippen LogP) is 5.02. The number of nitrogens with zero attached hydrogens (tertiary/aromatic N) is 2. The fraction of sp³-hybridized carbons (Fsp3) is 0.529. The van der Waals surface area contributed by atoms with Crippen molar-refractivity contribution in [1.82, 2.24) is 9.78 Å². The van der Waals surface area contributed by atoms with E-state index in [0.717, 1.165) is 29.3 Å². The van der Waals surface area contributed by atoms with E-state index in [9.17, 15) is 4.79 Å². The van der Waals surface area contributed by atoms with Crippen LogP contribution in [-0.2, 0) is 0 Å². The van der Waals surface area contributed by atoms with Gasteiger partial charge in [-0.25, -0.2) is 4.99 Å². The van der Waals surface area contributed by atoms with E-state index in [4.69, 9.17) is 4.99 Å². The maximum absolute atomic E-state index is 12.7. The molecule has 1 aliphatic carbocycles. The van der Waals surface area contributed by atoms with Crippen LogP contribution in [0.15, 0.2) is 27.3 Å². The second-order valence-electron chi connectivity index (χ2n) is 6.34. The van der Waals surface area contributed by atoms with Crippen molar-refractivity contribution < 1.29 is 0 Å². The normalized spacial score (nSPS) is 22.5. The number of fused-ring (bicyclic) bond motifs is 1. The van der Waals surface area contributed by atoms with Crippen LogP contribution >= 0.6 is 23.1 Å². The predicted molar refractivity (Wildman–Crippen MR) is 98.3 cm³/mol. The number of thiophene rings is 1. The van der Waals surface area contributed by atoms with Gasteiger partial charge >= 0.3 is 0 Å². The van der Waals surface area contributed by atoms with E-state index in [1.54, 1.807) is 23.1 Å². The molecule has 122 valence electrons. The van der Waals surface area contributed by atoms with Crippen LogP contribution in [-0.4, -0.2) is 14.8 Å². The van der Waals surface area contributed by atoms with Crippen molar-refractivity contribution in [2.24, 2.45) is 4.99 Å². The molecule has 6 heteroatoms. The highest BCUT2D eigenvalue weighted by atomic mass is 32.2. The SMILES string of the molecule is CC1=Nc2c(c(=O)[nH]n2C2CCCCCC2)[C@@H](c2cccs2)S1. The number of thioether (sulfide) groups is 1. The first-order chi connectivity index (χ1) is 11.2. The summed E-state index contributed by atoms with van der Waals surface area (Å²) < 4.78 is 2.08. The molecule has 4 rings (SSSR count).